The molecule has 0 aromatic heterocycles. The number of allylic oxidation sites excluding steroid dienone is 8. The summed E-state index contributed by atoms with van der Waals surface area (Å²) in [6.07, 6.45) is 72.7. The van der Waals surface area contributed by atoms with Crippen LogP contribution in [0.1, 0.15) is 323 Å². The summed E-state index contributed by atoms with van der Waals surface area (Å²) in [7, 11) is 0. The van der Waals surface area contributed by atoms with E-state index < -0.39 is 6.10 Å². The van der Waals surface area contributed by atoms with E-state index in [4.69, 9.17) is 14.2 Å². The van der Waals surface area contributed by atoms with Crippen molar-refractivity contribution in [2.75, 3.05) is 13.2 Å². The van der Waals surface area contributed by atoms with Crippen molar-refractivity contribution in [3.05, 3.63) is 48.6 Å². The van der Waals surface area contributed by atoms with E-state index in [1.165, 1.54) is 199 Å². The van der Waals surface area contributed by atoms with Gasteiger partial charge in [-0.2, -0.15) is 0 Å². The number of unbranched alkanes of at least 4 members (excludes halogenated alkanes) is 37. The van der Waals surface area contributed by atoms with Gasteiger partial charge < -0.3 is 14.2 Å². The maximum Gasteiger partial charge on any atom is 0.306 e. The number of hydrogen-bond donors (Lipinski definition) is 0. The first kappa shape index (κ1) is 67.4. The Balaban J connectivity index is 4.10. The van der Waals surface area contributed by atoms with Gasteiger partial charge in [-0.15, -0.1) is 0 Å². The molecule has 6 nitrogen and oxygen atoms in total. The maximum atomic E-state index is 12.8. The summed E-state index contributed by atoms with van der Waals surface area (Å²) in [5.41, 5.74) is 0. The van der Waals surface area contributed by atoms with E-state index in [0.717, 1.165) is 83.5 Å². The third-order valence-electron chi connectivity index (χ3n) is 13.6. The molecule has 0 rings (SSSR count). The molecule has 0 aromatic rings. The van der Waals surface area contributed by atoms with Gasteiger partial charge in [-0.25, -0.2) is 0 Å². The molecule has 0 fully saturated rings. The van der Waals surface area contributed by atoms with Crippen LogP contribution in [0.15, 0.2) is 48.6 Å². The minimum absolute atomic E-state index is 0.0665. The zero-order chi connectivity index (χ0) is 50.7. The lowest BCUT2D eigenvalue weighted by Crippen LogP contribution is -2.30. The largest absolute Gasteiger partial charge is 0.462 e. The van der Waals surface area contributed by atoms with Gasteiger partial charge in [-0.3, -0.25) is 14.4 Å². The first-order chi connectivity index (χ1) is 34.5. The highest BCUT2D eigenvalue weighted by Gasteiger charge is 2.19. The molecule has 0 aliphatic carbocycles. The molecule has 0 N–H and O–H groups in total. The molecule has 0 saturated carbocycles. The molecule has 408 valence electrons. The summed E-state index contributed by atoms with van der Waals surface area (Å²) >= 11 is 0. The van der Waals surface area contributed by atoms with Gasteiger partial charge in [0.2, 0.25) is 0 Å². The number of hydrogen-bond acceptors (Lipinski definition) is 6. The Hall–Kier alpha value is -2.63. The molecule has 0 amide bonds. The van der Waals surface area contributed by atoms with Crippen LogP contribution in [0, 0.1) is 0 Å². The smallest absolute Gasteiger partial charge is 0.306 e. The van der Waals surface area contributed by atoms with Crippen molar-refractivity contribution < 1.29 is 28.6 Å². The Labute approximate surface area is 435 Å². The second-order valence-corrected chi connectivity index (χ2v) is 20.6. The highest BCUT2D eigenvalue weighted by Crippen LogP contribution is 2.17. The molecule has 0 aliphatic rings. The second-order valence-electron chi connectivity index (χ2n) is 20.6. The summed E-state index contributed by atoms with van der Waals surface area (Å²) in [6.45, 7) is 6.56. The Morgan fingerprint density at radius 3 is 0.871 bits per heavy atom. The fourth-order valence-electron chi connectivity index (χ4n) is 9.02. The minimum Gasteiger partial charge on any atom is -0.462 e. The van der Waals surface area contributed by atoms with Gasteiger partial charge in [0.1, 0.15) is 13.2 Å². The van der Waals surface area contributed by atoms with Crippen molar-refractivity contribution in [3.8, 4) is 0 Å². The van der Waals surface area contributed by atoms with Crippen LogP contribution >= 0.6 is 0 Å². The number of rotatable bonds is 56. The van der Waals surface area contributed by atoms with E-state index in [0.29, 0.717) is 19.3 Å². The van der Waals surface area contributed by atoms with Crippen LogP contribution in [0.3, 0.4) is 0 Å². The molecule has 1 atom stereocenters. The molecule has 70 heavy (non-hydrogen) atoms. The van der Waals surface area contributed by atoms with E-state index in [2.05, 4.69) is 69.4 Å². The molecule has 0 aliphatic heterocycles. The fourth-order valence-corrected chi connectivity index (χ4v) is 9.02. The lowest BCUT2D eigenvalue weighted by molar-refractivity contribution is -0.167. The molecule has 0 spiro atoms. The third kappa shape index (κ3) is 56.3. The zero-order valence-corrected chi connectivity index (χ0v) is 46.8. The monoisotopic (exact) mass is 981 g/mol. The molecule has 0 saturated heterocycles. The lowest BCUT2D eigenvalue weighted by atomic mass is 10.0. The first-order valence-electron chi connectivity index (χ1n) is 30.6. The standard InChI is InChI=1S/C64H116O6/c1-4-7-10-13-16-19-22-24-25-26-27-28-29-30-31-32-33-34-35-36-37-38-39-40-43-45-48-51-54-57-63(66)69-60-61(59-68-62(65)56-53-50-47-44-41-21-18-15-12-9-6-3)70-64(67)58-55-52-49-46-42-23-20-17-14-11-8-5-2/h7,10,16,19,24-25,27-28,61H,4-6,8-9,11-15,17-18,20-23,26,29-60H2,1-3H3/b10-7-,19-16-,25-24-,28-27-. The Kier molecular flexibility index (Phi) is 56.7. The van der Waals surface area contributed by atoms with Crippen molar-refractivity contribution in [3.63, 3.8) is 0 Å². The lowest BCUT2D eigenvalue weighted by Gasteiger charge is -2.18. The summed E-state index contributed by atoms with van der Waals surface area (Å²) in [5.74, 6) is -0.849. The molecule has 0 aromatic carbocycles. The number of esters is 3. The van der Waals surface area contributed by atoms with Crippen LogP contribution in [-0.2, 0) is 28.6 Å². The van der Waals surface area contributed by atoms with Gasteiger partial charge >= 0.3 is 17.9 Å². The molecular formula is C64H116O6. The van der Waals surface area contributed by atoms with E-state index >= 15 is 0 Å². The molecule has 6 heteroatoms. The SMILES string of the molecule is CC/C=C\C/C=C\C/C=C\C/C=C\CCCCCCCCCCCCCCCCCCC(=O)OCC(COC(=O)CCCCCCCCCCCCC)OC(=O)CCCCCCCCCCCCCC. The van der Waals surface area contributed by atoms with Gasteiger partial charge in [-0.05, 0) is 57.8 Å². The predicted molar refractivity (Wildman–Crippen MR) is 302 cm³/mol. The molecule has 0 heterocycles. The van der Waals surface area contributed by atoms with Gasteiger partial charge in [0, 0.05) is 19.3 Å². The van der Waals surface area contributed by atoms with E-state index in [1.54, 1.807) is 0 Å². The molecule has 0 radical (unpaired) electrons. The topological polar surface area (TPSA) is 78.9 Å². The van der Waals surface area contributed by atoms with Crippen molar-refractivity contribution in [1.82, 2.24) is 0 Å². The van der Waals surface area contributed by atoms with E-state index in [9.17, 15) is 14.4 Å². The minimum atomic E-state index is -0.766. The van der Waals surface area contributed by atoms with Gasteiger partial charge in [0.15, 0.2) is 6.10 Å². The summed E-state index contributed by atoms with van der Waals surface area (Å²) < 4.78 is 16.9. The van der Waals surface area contributed by atoms with Gasteiger partial charge in [-0.1, -0.05) is 294 Å². The maximum absolute atomic E-state index is 12.8. The first-order valence-corrected chi connectivity index (χ1v) is 30.6. The second kappa shape index (κ2) is 58.9. The van der Waals surface area contributed by atoms with Crippen molar-refractivity contribution >= 4 is 17.9 Å². The van der Waals surface area contributed by atoms with Gasteiger partial charge in [0.25, 0.3) is 0 Å². The quantitative estimate of drug-likeness (QED) is 0.0261. The molecular weight excluding hydrogens is 865 g/mol. The molecule has 0 bridgehead atoms. The fraction of sp³-hybridized carbons (Fsp3) is 0.828. The predicted octanol–water partition coefficient (Wildman–Crippen LogP) is 20.6. The van der Waals surface area contributed by atoms with Crippen LogP contribution in [0.4, 0.5) is 0 Å². The normalized spacial score (nSPS) is 12.3. The third-order valence-corrected chi connectivity index (χ3v) is 13.6. The van der Waals surface area contributed by atoms with Crippen molar-refractivity contribution in [2.24, 2.45) is 0 Å². The van der Waals surface area contributed by atoms with Crippen LogP contribution in [0.2, 0.25) is 0 Å². The highest BCUT2D eigenvalue weighted by atomic mass is 16.6. The summed E-state index contributed by atoms with van der Waals surface area (Å²) in [4.78, 5) is 38.1. The Morgan fingerprint density at radius 1 is 0.300 bits per heavy atom. The number of carbonyl (C=O) groups excluding carboxylic acids is 3. The summed E-state index contributed by atoms with van der Waals surface area (Å²) in [5, 5.41) is 0. The average Bonchev–Trinajstić information content (AvgIpc) is 3.36. The Bertz CT molecular complexity index is 1220. The van der Waals surface area contributed by atoms with Crippen LogP contribution < -0.4 is 0 Å². The van der Waals surface area contributed by atoms with Crippen molar-refractivity contribution in [1.29, 1.82) is 0 Å². The summed E-state index contributed by atoms with van der Waals surface area (Å²) in [6, 6.07) is 0. The van der Waals surface area contributed by atoms with Gasteiger partial charge in [0.05, 0.1) is 0 Å². The Morgan fingerprint density at radius 2 is 0.557 bits per heavy atom. The van der Waals surface area contributed by atoms with Crippen molar-refractivity contribution in [2.45, 2.75) is 329 Å². The number of carbonyl (C=O) groups is 3. The van der Waals surface area contributed by atoms with E-state index in [-0.39, 0.29) is 31.1 Å². The van der Waals surface area contributed by atoms with E-state index in [1.807, 2.05) is 0 Å². The highest BCUT2D eigenvalue weighted by molar-refractivity contribution is 5.71. The molecule has 1 unspecified atom stereocenters. The number of ether oxygens (including phenoxy) is 3. The van der Waals surface area contributed by atoms with Crippen LogP contribution in [0.25, 0.3) is 0 Å². The average molecular weight is 982 g/mol. The van der Waals surface area contributed by atoms with Crippen LogP contribution in [-0.4, -0.2) is 37.2 Å². The van der Waals surface area contributed by atoms with Crippen LogP contribution in [0.5, 0.6) is 0 Å². The zero-order valence-electron chi connectivity index (χ0n) is 46.8.